The average Bonchev–Trinajstić information content (AvgIpc) is 2.86. The summed E-state index contributed by atoms with van der Waals surface area (Å²) in [5.41, 5.74) is 0. The fraction of sp³-hybridized carbons (Fsp3) is 0.727. The fourth-order valence-electron chi connectivity index (χ4n) is 2.43. The summed E-state index contributed by atoms with van der Waals surface area (Å²) in [4.78, 5) is 14.2. The molecule has 0 spiro atoms. The van der Waals surface area contributed by atoms with E-state index in [4.69, 9.17) is 0 Å². The Balaban J connectivity index is 1.64. The van der Waals surface area contributed by atoms with Crippen LogP contribution in [0, 0.1) is 0 Å². The lowest BCUT2D eigenvalue weighted by molar-refractivity contribution is -0.135. The van der Waals surface area contributed by atoms with E-state index < -0.39 is 0 Å². The van der Waals surface area contributed by atoms with E-state index in [9.17, 15) is 4.79 Å². The van der Waals surface area contributed by atoms with Gasteiger partial charge >= 0.3 is 0 Å². The molecule has 1 aromatic rings. The van der Waals surface area contributed by atoms with E-state index in [2.05, 4.69) is 27.8 Å². The molecular formula is C11H18N6O. The lowest BCUT2D eigenvalue weighted by Gasteiger charge is -2.34. The van der Waals surface area contributed by atoms with Crippen LogP contribution >= 0.6 is 0 Å². The maximum absolute atomic E-state index is 12.4. The zero-order valence-electron chi connectivity index (χ0n) is 10.5. The Bertz CT molecular complexity index is 436. The van der Waals surface area contributed by atoms with Crippen molar-refractivity contribution in [3.63, 3.8) is 0 Å². The molecule has 98 valence electrons. The van der Waals surface area contributed by atoms with E-state index in [1.807, 2.05) is 9.47 Å². The number of fused-ring (bicyclic) bond motifs is 1. The standard InChI is InChI=1S/C11H18N6O/c1-8-4-13-9(5-12-8)11(18)16-2-3-17-7-14-15-10(17)6-16/h7-9,12-13H,2-6H2,1H3. The zero-order chi connectivity index (χ0) is 12.5. The zero-order valence-corrected chi connectivity index (χ0v) is 10.5. The number of aromatic nitrogens is 3. The Hall–Kier alpha value is -1.47. The van der Waals surface area contributed by atoms with Crippen molar-refractivity contribution in [3.05, 3.63) is 12.2 Å². The van der Waals surface area contributed by atoms with Crippen LogP contribution in [0.2, 0.25) is 0 Å². The van der Waals surface area contributed by atoms with Crippen molar-refractivity contribution in [1.82, 2.24) is 30.3 Å². The number of nitrogens with zero attached hydrogens (tertiary/aromatic N) is 4. The van der Waals surface area contributed by atoms with E-state index in [0.717, 1.165) is 25.5 Å². The molecule has 2 aliphatic heterocycles. The number of rotatable bonds is 1. The van der Waals surface area contributed by atoms with E-state index >= 15 is 0 Å². The fourth-order valence-corrected chi connectivity index (χ4v) is 2.43. The van der Waals surface area contributed by atoms with Gasteiger partial charge in [0.1, 0.15) is 6.33 Å². The first-order valence-corrected chi connectivity index (χ1v) is 6.36. The number of carbonyl (C=O) groups excluding carboxylic acids is 1. The van der Waals surface area contributed by atoms with E-state index in [1.54, 1.807) is 6.33 Å². The second kappa shape index (κ2) is 4.66. The monoisotopic (exact) mass is 250 g/mol. The predicted molar refractivity (Wildman–Crippen MR) is 64.7 cm³/mol. The molecule has 2 unspecified atom stereocenters. The topological polar surface area (TPSA) is 75.1 Å². The molecule has 1 fully saturated rings. The molecule has 2 N–H and O–H groups in total. The molecule has 0 aromatic carbocycles. The molecule has 0 aliphatic carbocycles. The van der Waals surface area contributed by atoms with Crippen LogP contribution in [0.5, 0.6) is 0 Å². The van der Waals surface area contributed by atoms with Gasteiger partial charge in [-0.15, -0.1) is 10.2 Å². The van der Waals surface area contributed by atoms with E-state index in [1.165, 1.54) is 0 Å². The molecular weight excluding hydrogens is 232 g/mol. The summed E-state index contributed by atoms with van der Waals surface area (Å²) in [5, 5.41) is 14.5. The van der Waals surface area contributed by atoms with Gasteiger partial charge in [0.25, 0.3) is 0 Å². The number of nitrogens with one attached hydrogen (secondary N) is 2. The van der Waals surface area contributed by atoms with Crippen molar-refractivity contribution in [3.8, 4) is 0 Å². The summed E-state index contributed by atoms with van der Waals surface area (Å²) in [6.07, 6.45) is 1.72. The second-order valence-electron chi connectivity index (χ2n) is 4.97. The minimum Gasteiger partial charge on any atom is -0.332 e. The quantitative estimate of drug-likeness (QED) is 0.639. The van der Waals surface area contributed by atoms with Crippen molar-refractivity contribution in [2.45, 2.75) is 32.1 Å². The van der Waals surface area contributed by atoms with Gasteiger partial charge in [0.2, 0.25) is 5.91 Å². The van der Waals surface area contributed by atoms with E-state index in [-0.39, 0.29) is 11.9 Å². The predicted octanol–water partition coefficient (Wildman–Crippen LogP) is -1.43. The molecule has 0 bridgehead atoms. The van der Waals surface area contributed by atoms with Gasteiger partial charge in [0, 0.05) is 32.2 Å². The SMILES string of the molecule is CC1CNC(C(=O)N2CCn3cnnc3C2)CN1. The first kappa shape index (κ1) is 11.6. The summed E-state index contributed by atoms with van der Waals surface area (Å²) in [5.74, 6) is 1.02. The average molecular weight is 250 g/mol. The molecule has 18 heavy (non-hydrogen) atoms. The molecule has 1 amide bonds. The number of amides is 1. The third kappa shape index (κ3) is 2.11. The van der Waals surface area contributed by atoms with Crippen LogP contribution in [0.3, 0.4) is 0 Å². The first-order chi connectivity index (χ1) is 8.74. The second-order valence-corrected chi connectivity index (χ2v) is 4.97. The molecule has 2 atom stereocenters. The molecule has 3 rings (SSSR count). The molecule has 3 heterocycles. The van der Waals surface area contributed by atoms with Gasteiger partial charge in [-0.1, -0.05) is 0 Å². The first-order valence-electron chi connectivity index (χ1n) is 6.36. The smallest absolute Gasteiger partial charge is 0.241 e. The molecule has 1 saturated heterocycles. The van der Waals surface area contributed by atoms with Crippen molar-refractivity contribution in [2.24, 2.45) is 0 Å². The van der Waals surface area contributed by atoms with Crippen molar-refractivity contribution in [2.75, 3.05) is 19.6 Å². The van der Waals surface area contributed by atoms with Crippen LogP contribution < -0.4 is 10.6 Å². The lowest BCUT2D eigenvalue weighted by atomic mass is 10.1. The highest BCUT2D eigenvalue weighted by molar-refractivity contribution is 5.82. The van der Waals surface area contributed by atoms with Gasteiger partial charge in [-0.05, 0) is 6.92 Å². The van der Waals surface area contributed by atoms with Crippen LogP contribution in [0.25, 0.3) is 0 Å². The third-order valence-electron chi connectivity index (χ3n) is 3.59. The normalized spacial score (nSPS) is 27.9. The van der Waals surface area contributed by atoms with Gasteiger partial charge in [-0.3, -0.25) is 4.79 Å². The molecule has 7 heteroatoms. The van der Waals surface area contributed by atoms with Gasteiger partial charge in [-0.2, -0.15) is 0 Å². The highest BCUT2D eigenvalue weighted by atomic mass is 16.2. The summed E-state index contributed by atoms with van der Waals surface area (Å²) in [6.45, 7) is 5.72. The van der Waals surface area contributed by atoms with E-state index in [0.29, 0.717) is 19.1 Å². The van der Waals surface area contributed by atoms with Crippen molar-refractivity contribution < 1.29 is 4.79 Å². The minimum absolute atomic E-state index is 0.115. The van der Waals surface area contributed by atoms with Crippen molar-refractivity contribution >= 4 is 5.91 Å². The molecule has 1 aromatic heterocycles. The number of carbonyl (C=O) groups is 1. The Kier molecular flexibility index (Phi) is 3.00. The van der Waals surface area contributed by atoms with Crippen LogP contribution in [-0.2, 0) is 17.9 Å². The molecule has 7 nitrogen and oxygen atoms in total. The van der Waals surface area contributed by atoms with Crippen LogP contribution in [0.4, 0.5) is 0 Å². The third-order valence-corrected chi connectivity index (χ3v) is 3.59. The summed E-state index contributed by atoms with van der Waals surface area (Å²) in [7, 11) is 0. The number of hydrogen-bond donors (Lipinski definition) is 2. The highest BCUT2D eigenvalue weighted by Gasteiger charge is 2.29. The Labute approximate surface area is 106 Å². The Morgan fingerprint density at radius 3 is 3.06 bits per heavy atom. The minimum atomic E-state index is -0.115. The maximum Gasteiger partial charge on any atom is 0.241 e. The molecule has 0 saturated carbocycles. The molecule has 0 radical (unpaired) electrons. The van der Waals surface area contributed by atoms with Gasteiger partial charge in [0.15, 0.2) is 5.82 Å². The summed E-state index contributed by atoms with van der Waals surface area (Å²) >= 11 is 0. The number of piperazine rings is 1. The summed E-state index contributed by atoms with van der Waals surface area (Å²) in [6, 6.07) is 0.314. The van der Waals surface area contributed by atoms with Crippen LogP contribution in [-0.4, -0.2) is 57.3 Å². The maximum atomic E-state index is 12.4. The largest absolute Gasteiger partial charge is 0.332 e. The lowest BCUT2D eigenvalue weighted by Crippen LogP contribution is -2.60. The number of hydrogen-bond acceptors (Lipinski definition) is 5. The van der Waals surface area contributed by atoms with Gasteiger partial charge in [0.05, 0.1) is 12.6 Å². The van der Waals surface area contributed by atoms with Crippen LogP contribution in [0.15, 0.2) is 6.33 Å². The Morgan fingerprint density at radius 1 is 1.39 bits per heavy atom. The molecule has 2 aliphatic rings. The van der Waals surface area contributed by atoms with Gasteiger partial charge in [-0.25, -0.2) is 0 Å². The summed E-state index contributed by atoms with van der Waals surface area (Å²) < 4.78 is 2.00. The van der Waals surface area contributed by atoms with Gasteiger partial charge < -0.3 is 20.1 Å². The Morgan fingerprint density at radius 2 is 2.28 bits per heavy atom. The van der Waals surface area contributed by atoms with Crippen LogP contribution in [0.1, 0.15) is 12.7 Å². The van der Waals surface area contributed by atoms with Crippen molar-refractivity contribution in [1.29, 1.82) is 0 Å². The highest BCUT2D eigenvalue weighted by Crippen LogP contribution is 2.11.